The highest BCUT2D eigenvalue weighted by atomic mass is 35.5. The van der Waals surface area contributed by atoms with E-state index < -0.39 is 0 Å². The van der Waals surface area contributed by atoms with E-state index in [4.69, 9.17) is 11.6 Å². The van der Waals surface area contributed by atoms with Gasteiger partial charge in [-0.3, -0.25) is 4.68 Å². The molecule has 0 aliphatic rings. The van der Waals surface area contributed by atoms with Gasteiger partial charge in [0.05, 0.1) is 10.7 Å². The van der Waals surface area contributed by atoms with Gasteiger partial charge in [0.2, 0.25) is 0 Å². The van der Waals surface area contributed by atoms with Crippen LogP contribution in [0.15, 0.2) is 11.6 Å². The van der Waals surface area contributed by atoms with Crippen LogP contribution in [0.1, 0.15) is 22.2 Å². The van der Waals surface area contributed by atoms with Crippen molar-refractivity contribution in [1.82, 2.24) is 20.3 Å². The van der Waals surface area contributed by atoms with Gasteiger partial charge in [-0.25, -0.2) is 0 Å². The number of aryl methyl sites for hydroxylation is 2. The third kappa shape index (κ3) is 2.68. The Labute approximate surface area is 110 Å². The van der Waals surface area contributed by atoms with Crippen molar-refractivity contribution in [3.05, 3.63) is 32.7 Å². The summed E-state index contributed by atoms with van der Waals surface area (Å²) in [5.74, 6) is 0. The minimum Gasteiger partial charge on any atom is -0.312 e. The molecule has 17 heavy (non-hydrogen) atoms. The lowest BCUT2D eigenvalue weighted by atomic mass is 10.1. The van der Waals surface area contributed by atoms with Gasteiger partial charge >= 0.3 is 0 Å². The molecule has 2 aromatic heterocycles. The normalized spacial score (nSPS) is 12.9. The van der Waals surface area contributed by atoms with Crippen LogP contribution in [-0.2, 0) is 13.5 Å². The van der Waals surface area contributed by atoms with E-state index >= 15 is 0 Å². The van der Waals surface area contributed by atoms with Gasteiger partial charge in [-0.1, -0.05) is 16.8 Å². The Bertz CT molecular complexity index is 505. The SMILES string of the molecule is CNC(Cc1cn(C)nn1)c1scc(C)c1Cl. The van der Waals surface area contributed by atoms with Crippen molar-refractivity contribution in [2.75, 3.05) is 7.05 Å². The maximum absolute atomic E-state index is 6.28. The molecule has 2 heterocycles. The highest BCUT2D eigenvalue weighted by Crippen LogP contribution is 2.33. The number of nitrogens with zero attached hydrogens (tertiary/aromatic N) is 3. The lowest BCUT2D eigenvalue weighted by molar-refractivity contribution is 0.593. The molecule has 4 nitrogen and oxygen atoms in total. The molecular formula is C11H15ClN4S. The van der Waals surface area contributed by atoms with Gasteiger partial charge in [-0.2, -0.15) is 0 Å². The van der Waals surface area contributed by atoms with Gasteiger partial charge in [0.1, 0.15) is 0 Å². The van der Waals surface area contributed by atoms with E-state index in [2.05, 4.69) is 21.0 Å². The minimum absolute atomic E-state index is 0.192. The molecule has 0 amide bonds. The number of likely N-dealkylation sites (N-methyl/N-ethyl adjacent to an activating group) is 1. The molecule has 1 atom stereocenters. The summed E-state index contributed by atoms with van der Waals surface area (Å²) in [7, 11) is 3.81. The van der Waals surface area contributed by atoms with Crippen LogP contribution >= 0.6 is 22.9 Å². The molecular weight excluding hydrogens is 256 g/mol. The summed E-state index contributed by atoms with van der Waals surface area (Å²) in [4.78, 5) is 1.16. The Balaban J connectivity index is 2.19. The predicted molar refractivity (Wildman–Crippen MR) is 70.6 cm³/mol. The first kappa shape index (κ1) is 12.5. The molecule has 1 N–H and O–H groups in total. The molecule has 0 aromatic carbocycles. The lowest BCUT2D eigenvalue weighted by Gasteiger charge is -2.13. The Morgan fingerprint density at radius 1 is 1.59 bits per heavy atom. The zero-order chi connectivity index (χ0) is 12.4. The topological polar surface area (TPSA) is 42.7 Å². The first-order chi connectivity index (χ1) is 8.11. The standard InChI is InChI=1S/C11H15ClN4S/c1-7-6-17-11(10(7)12)9(13-2)4-8-5-16(3)15-14-8/h5-6,9,13H,4H2,1-3H3. The van der Waals surface area contributed by atoms with Crippen LogP contribution in [0.25, 0.3) is 0 Å². The predicted octanol–water partition coefficient (Wildman–Crippen LogP) is 2.34. The number of rotatable bonds is 4. The fraction of sp³-hybridized carbons (Fsp3) is 0.455. The number of hydrogen-bond acceptors (Lipinski definition) is 4. The van der Waals surface area contributed by atoms with E-state index in [1.165, 1.54) is 0 Å². The van der Waals surface area contributed by atoms with Gasteiger partial charge in [0, 0.05) is 30.6 Å². The third-order valence-corrected chi connectivity index (χ3v) is 4.48. The van der Waals surface area contributed by atoms with Crippen LogP contribution in [-0.4, -0.2) is 22.0 Å². The fourth-order valence-electron chi connectivity index (χ4n) is 1.71. The van der Waals surface area contributed by atoms with Crippen LogP contribution in [0.4, 0.5) is 0 Å². The molecule has 0 aliphatic carbocycles. The first-order valence-corrected chi connectivity index (χ1v) is 6.63. The van der Waals surface area contributed by atoms with E-state index in [-0.39, 0.29) is 6.04 Å². The molecule has 1 unspecified atom stereocenters. The molecule has 0 saturated heterocycles. The van der Waals surface area contributed by atoms with Crippen LogP contribution in [0.5, 0.6) is 0 Å². The molecule has 2 aromatic rings. The van der Waals surface area contributed by atoms with E-state index in [9.17, 15) is 0 Å². The summed E-state index contributed by atoms with van der Waals surface area (Å²) < 4.78 is 1.71. The Hall–Kier alpha value is -0.910. The summed E-state index contributed by atoms with van der Waals surface area (Å²) >= 11 is 7.97. The molecule has 0 bridgehead atoms. The Morgan fingerprint density at radius 2 is 2.35 bits per heavy atom. The molecule has 0 aliphatic heterocycles. The second kappa shape index (κ2) is 5.16. The molecule has 0 spiro atoms. The van der Waals surface area contributed by atoms with Gasteiger partial charge in [0.25, 0.3) is 0 Å². The molecule has 0 radical (unpaired) electrons. The van der Waals surface area contributed by atoms with E-state index in [0.717, 1.165) is 27.6 Å². The van der Waals surface area contributed by atoms with Crippen LogP contribution in [0.2, 0.25) is 5.02 Å². The number of aromatic nitrogens is 3. The highest BCUT2D eigenvalue weighted by molar-refractivity contribution is 7.10. The van der Waals surface area contributed by atoms with Gasteiger partial charge in [-0.15, -0.1) is 16.4 Å². The van der Waals surface area contributed by atoms with Crippen molar-refractivity contribution in [2.45, 2.75) is 19.4 Å². The number of thiophene rings is 1. The average Bonchev–Trinajstić information content (AvgIpc) is 2.85. The first-order valence-electron chi connectivity index (χ1n) is 5.37. The molecule has 2 rings (SSSR count). The van der Waals surface area contributed by atoms with Crippen molar-refractivity contribution in [3.63, 3.8) is 0 Å². The van der Waals surface area contributed by atoms with Gasteiger partial charge < -0.3 is 5.32 Å². The molecule has 6 heteroatoms. The van der Waals surface area contributed by atoms with Gasteiger partial charge in [0.15, 0.2) is 0 Å². The maximum atomic E-state index is 6.28. The average molecular weight is 271 g/mol. The largest absolute Gasteiger partial charge is 0.312 e. The number of nitrogens with one attached hydrogen (secondary N) is 1. The summed E-state index contributed by atoms with van der Waals surface area (Å²) in [5, 5.41) is 14.3. The number of hydrogen-bond donors (Lipinski definition) is 1. The van der Waals surface area contributed by atoms with Crippen molar-refractivity contribution >= 4 is 22.9 Å². The van der Waals surface area contributed by atoms with E-state index in [0.29, 0.717) is 0 Å². The maximum Gasteiger partial charge on any atom is 0.0846 e. The monoisotopic (exact) mass is 270 g/mol. The van der Waals surface area contributed by atoms with Crippen LogP contribution in [0, 0.1) is 6.92 Å². The molecule has 92 valence electrons. The number of halogens is 1. The van der Waals surface area contributed by atoms with E-state index in [1.54, 1.807) is 16.0 Å². The Kier molecular flexibility index (Phi) is 3.81. The minimum atomic E-state index is 0.192. The smallest absolute Gasteiger partial charge is 0.0846 e. The molecule has 0 fully saturated rings. The van der Waals surface area contributed by atoms with Crippen molar-refractivity contribution in [2.24, 2.45) is 7.05 Å². The second-order valence-corrected chi connectivity index (χ2v) is 5.32. The zero-order valence-electron chi connectivity index (χ0n) is 10.1. The summed E-state index contributed by atoms with van der Waals surface area (Å²) in [5.41, 5.74) is 2.10. The van der Waals surface area contributed by atoms with Crippen LogP contribution < -0.4 is 5.32 Å². The van der Waals surface area contributed by atoms with Crippen molar-refractivity contribution < 1.29 is 0 Å². The lowest BCUT2D eigenvalue weighted by Crippen LogP contribution is -2.18. The zero-order valence-corrected chi connectivity index (χ0v) is 11.6. The second-order valence-electron chi connectivity index (χ2n) is 4.03. The summed E-state index contributed by atoms with van der Waals surface area (Å²) in [6.07, 6.45) is 2.72. The quantitative estimate of drug-likeness (QED) is 0.927. The third-order valence-electron chi connectivity index (χ3n) is 2.65. The Morgan fingerprint density at radius 3 is 2.82 bits per heavy atom. The summed E-state index contributed by atoms with van der Waals surface area (Å²) in [6, 6.07) is 0.192. The highest BCUT2D eigenvalue weighted by Gasteiger charge is 2.18. The summed E-state index contributed by atoms with van der Waals surface area (Å²) in [6.45, 7) is 2.03. The molecule has 0 saturated carbocycles. The fourth-order valence-corrected chi connectivity index (χ4v) is 3.14. The van der Waals surface area contributed by atoms with E-state index in [1.807, 2.05) is 27.2 Å². The van der Waals surface area contributed by atoms with Crippen LogP contribution in [0.3, 0.4) is 0 Å². The van der Waals surface area contributed by atoms with Crippen molar-refractivity contribution in [3.8, 4) is 0 Å². The van der Waals surface area contributed by atoms with Crippen molar-refractivity contribution in [1.29, 1.82) is 0 Å². The van der Waals surface area contributed by atoms with Gasteiger partial charge in [-0.05, 0) is 24.9 Å².